The van der Waals surface area contributed by atoms with Gasteiger partial charge in [-0.2, -0.15) is 0 Å². The van der Waals surface area contributed by atoms with Crippen LogP contribution in [0.3, 0.4) is 0 Å². The molecule has 2 N–H and O–H groups in total. The minimum atomic E-state index is -1.31. The number of likely N-dealkylation sites (N-methyl/N-ethyl adjacent to an activating group) is 1. The summed E-state index contributed by atoms with van der Waals surface area (Å²) in [4.78, 5) is 81.9. The van der Waals surface area contributed by atoms with E-state index >= 15 is 0 Å². The number of fused-ring (bicyclic) bond motifs is 5. The number of nitrogens with zero attached hydrogens (tertiary/aromatic N) is 2. The predicted octanol–water partition coefficient (Wildman–Crippen LogP) is -1.07. The van der Waals surface area contributed by atoms with Gasteiger partial charge in [-0.05, 0) is 27.3 Å². The summed E-state index contributed by atoms with van der Waals surface area (Å²) in [5.74, 6) is -3.64. The number of aliphatic hydroxyl groups is 1. The van der Waals surface area contributed by atoms with Gasteiger partial charge in [0.1, 0.15) is 0 Å². The highest BCUT2D eigenvalue weighted by molar-refractivity contribution is 6.35. The van der Waals surface area contributed by atoms with Gasteiger partial charge >= 0.3 is 0 Å². The lowest BCUT2D eigenvalue weighted by Gasteiger charge is -2.59. The molecule has 2 aliphatic carbocycles. The van der Waals surface area contributed by atoms with Gasteiger partial charge in [-0.3, -0.25) is 38.6 Å². The first-order chi connectivity index (χ1) is 18.9. The van der Waals surface area contributed by atoms with E-state index in [4.69, 9.17) is 9.47 Å². The highest BCUT2D eigenvalue weighted by Crippen LogP contribution is 2.47. The molecule has 12 nitrogen and oxygen atoms in total. The van der Waals surface area contributed by atoms with Crippen molar-refractivity contribution >= 4 is 34.8 Å². The zero-order valence-corrected chi connectivity index (χ0v) is 23.1. The molecule has 12 heteroatoms. The summed E-state index contributed by atoms with van der Waals surface area (Å²) >= 11 is 0. The van der Waals surface area contributed by atoms with Crippen molar-refractivity contribution in [3.05, 3.63) is 45.0 Å². The van der Waals surface area contributed by atoms with Crippen LogP contribution >= 0.6 is 0 Å². The van der Waals surface area contributed by atoms with Gasteiger partial charge in [-0.1, -0.05) is 0 Å². The van der Waals surface area contributed by atoms with Crippen molar-refractivity contribution in [3.63, 3.8) is 0 Å². The van der Waals surface area contributed by atoms with Gasteiger partial charge in [0.25, 0.3) is 5.91 Å². The van der Waals surface area contributed by atoms with Crippen molar-refractivity contribution in [2.75, 3.05) is 34.4 Å². The molecule has 0 saturated carbocycles. The van der Waals surface area contributed by atoms with Crippen molar-refractivity contribution in [1.29, 1.82) is 0 Å². The standard InChI is InChI=1S/C28H31N3O9/c1-10-21(33)13-7-14-20-18-19(22(34)11(2)27(40-6)25(18)37)23(35)16(30(20)4)9-31(14)15(8-29-28(38)12(3)32)17(13)24(36)26(10)39-5/h14-16,20,23,35H,7-9H2,1-6H3,(H,29,38)/t14-,15-,16+,20-,23-/m0/s1. The maximum atomic E-state index is 13.7. The number of hydrogen-bond donors (Lipinski definition) is 2. The summed E-state index contributed by atoms with van der Waals surface area (Å²) in [6, 6.07) is -2.83. The topological polar surface area (TPSA) is 160 Å². The number of allylic oxidation sites excluding steroid dienone is 4. The fourth-order valence-electron chi connectivity index (χ4n) is 6.90. The highest BCUT2D eigenvalue weighted by atomic mass is 16.5. The molecule has 0 aromatic carbocycles. The summed E-state index contributed by atoms with van der Waals surface area (Å²) in [5, 5.41) is 14.0. The number of carbonyl (C=O) groups excluding carboxylic acids is 6. The van der Waals surface area contributed by atoms with Crippen molar-refractivity contribution < 1.29 is 43.3 Å². The van der Waals surface area contributed by atoms with Crippen LogP contribution in [0.5, 0.6) is 0 Å². The Kier molecular flexibility index (Phi) is 6.76. The summed E-state index contributed by atoms with van der Waals surface area (Å²) < 4.78 is 10.6. The predicted molar refractivity (Wildman–Crippen MR) is 137 cm³/mol. The largest absolute Gasteiger partial charge is 0.492 e. The minimum Gasteiger partial charge on any atom is -0.492 e. The average Bonchev–Trinajstić information content (AvgIpc) is 2.91. The Labute approximate surface area is 230 Å². The molecular formula is C28H31N3O9. The number of piperazine rings is 1. The fraction of sp³-hybridized carbons (Fsp3) is 0.500. The van der Waals surface area contributed by atoms with Crippen molar-refractivity contribution in [1.82, 2.24) is 15.1 Å². The van der Waals surface area contributed by atoms with Crippen molar-refractivity contribution in [2.45, 2.75) is 57.5 Å². The second-order valence-electron chi connectivity index (χ2n) is 10.7. The maximum Gasteiger partial charge on any atom is 0.287 e. The second kappa shape index (κ2) is 9.72. The Morgan fingerprint density at radius 1 is 0.900 bits per heavy atom. The van der Waals surface area contributed by atoms with Gasteiger partial charge in [0, 0.05) is 59.5 Å². The van der Waals surface area contributed by atoms with Gasteiger partial charge in [-0.15, -0.1) is 0 Å². The Morgan fingerprint density at radius 2 is 1.48 bits per heavy atom. The molecule has 0 unspecified atom stereocenters. The molecule has 5 atom stereocenters. The van der Waals surface area contributed by atoms with Crippen LogP contribution in [0.2, 0.25) is 0 Å². The zero-order chi connectivity index (χ0) is 29.4. The number of ether oxygens (including phenoxy) is 2. The quantitative estimate of drug-likeness (QED) is 0.315. The Bertz CT molecular complexity index is 1430. The number of amides is 1. The average molecular weight is 554 g/mol. The van der Waals surface area contributed by atoms with Gasteiger partial charge < -0.3 is 19.9 Å². The maximum absolute atomic E-state index is 13.7. The van der Waals surface area contributed by atoms with Crippen LogP contribution < -0.4 is 5.32 Å². The third-order valence-electron chi connectivity index (χ3n) is 8.84. The SMILES string of the molecule is COC1=C(C)C(=O)C2=C(C1=O)[C@@H]1[C@@H]3CC4=C(C(=O)C(OC)=C(C)C4=O)[C@H](CNC(=O)C(C)=O)N3C[C@H]([C@@H]2O)N1C. The van der Waals surface area contributed by atoms with E-state index in [1.165, 1.54) is 28.1 Å². The van der Waals surface area contributed by atoms with Crippen molar-refractivity contribution in [3.8, 4) is 0 Å². The Hall–Kier alpha value is -3.74. The molecule has 0 aromatic rings. The lowest BCUT2D eigenvalue weighted by Crippen LogP contribution is -2.73. The van der Waals surface area contributed by atoms with E-state index in [0.717, 1.165) is 6.92 Å². The van der Waals surface area contributed by atoms with E-state index in [1.807, 2.05) is 9.80 Å². The number of carbonyl (C=O) groups is 6. The van der Waals surface area contributed by atoms with E-state index in [9.17, 15) is 33.9 Å². The lowest BCUT2D eigenvalue weighted by molar-refractivity contribution is -0.137. The number of hydrogen-bond acceptors (Lipinski definition) is 11. The number of nitrogens with one attached hydrogen (secondary N) is 1. The first kappa shape index (κ1) is 27.8. The van der Waals surface area contributed by atoms with E-state index in [1.54, 1.807) is 7.05 Å². The smallest absolute Gasteiger partial charge is 0.287 e. The van der Waals surface area contributed by atoms with Gasteiger partial charge in [0.2, 0.25) is 17.3 Å². The molecular weight excluding hydrogens is 522 g/mol. The highest BCUT2D eigenvalue weighted by Gasteiger charge is 2.58. The molecule has 0 spiro atoms. The number of Topliss-reactive ketones (excluding diaryl/α,β-unsaturated/α-hetero) is 5. The third kappa shape index (κ3) is 3.70. The van der Waals surface area contributed by atoms with Crippen molar-refractivity contribution in [2.24, 2.45) is 0 Å². The molecule has 5 aliphatic rings. The molecule has 1 saturated heterocycles. The monoisotopic (exact) mass is 553 g/mol. The van der Waals surface area contributed by atoms with E-state index in [0.29, 0.717) is 0 Å². The third-order valence-corrected chi connectivity index (χ3v) is 8.84. The molecule has 40 heavy (non-hydrogen) atoms. The van der Waals surface area contributed by atoms with E-state index < -0.39 is 59.3 Å². The van der Waals surface area contributed by atoms with Crippen LogP contribution in [0.4, 0.5) is 0 Å². The fourth-order valence-corrected chi connectivity index (χ4v) is 6.90. The van der Waals surface area contributed by atoms with Gasteiger partial charge in [0.15, 0.2) is 23.1 Å². The van der Waals surface area contributed by atoms with Gasteiger partial charge in [-0.25, -0.2) is 0 Å². The number of rotatable bonds is 5. The molecule has 5 rings (SSSR count). The lowest BCUT2D eigenvalue weighted by atomic mass is 9.68. The summed E-state index contributed by atoms with van der Waals surface area (Å²) in [6.45, 7) is 4.08. The molecule has 1 amide bonds. The molecule has 3 aliphatic heterocycles. The summed E-state index contributed by atoms with van der Waals surface area (Å²) in [7, 11) is 4.34. The minimum absolute atomic E-state index is 0.0288. The summed E-state index contributed by atoms with van der Waals surface area (Å²) in [5.41, 5.74) is 0.781. The van der Waals surface area contributed by atoms with Crippen LogP contribution in [-0.2, 0) is 38.2 Å². The number of methoxy groups -OCH3 is 2. The number of ketones is 5. The van der Waals surface area contributed by atoms with Crippen LogP contribution in [0, 0.1) is 0 Å². The van der Waals surface area contributed by atoms with Crippen LogP contribution in [0.25, 0.3) is 0 Å². The first-order valence-corrected chi connectivity index (χ1v) is 13.0. The van der Waals surface area contributed by atoms with Crippen LogP contribution in [0.1, 0.15) is 27.2 Å². The van der Waals surface area contributed by atoms with Gasteiger partial charge in [0.05, 0.1) is 38.4 Å². The second-order valence-corrected chi connectivity index (χ2v) is 10.7. The summed E-state index contributed by atoms with van der Waals surface area (Å²) in [6.07, 6.45) is -1.24. The molecule has 1 fully saturated rings. The molecule has 0 radical (unpaired) electrons. The zero-order valence-electron chi connectivity index (χ0n) is 23.1. The van der Waals surface area contributed by atoms with E-state index in [2.05, 4.69) is 5.32 Å². The Morgan fingerprint density at radius 3 is 2.05 bits per heavy atom. The normalized spacial score (nSPS) is 30.8. The van der Waals surface area contributed by atoms with Crippen LogP contribution in [0.15, 0.2) is 45.0 Å². The molecule has 2 bridgehead atoms. The number of aliphatic hydroxyl groups excluding tert-OH is 1. The van der Waals surface area contributed by atoms with Crippen LogP contribution in [-0.4, -0.2) is 114 Å². The van der Waals surface area contributed by atoms with E-state index in [-0.39, 0.29) is 70.3 Å². The Balaban J connectivity index is 1.67. The molecule has 0 aromatic heterocycles. The first-order valence-electron chi connectivity index (χ1n) is 13.0. The molecule has 3 heterocycles. The molecule has 212 valence electrons.